The minimum absolute atomic E-state index is 0.123. The first-order valence-electron chi connectivity index (χ1n) is 9.92. The van der Waals surface area contributed by atoms with Crippen LogP contribution in [0.5, 0.6) is 17.2 Å². The van der Waals surface area contributed by atoms with Crippen LogP contribution in [0.25, 0.3) is 5.69 Å². The van der Waals surface area contributed by atoms with Crippen molar-refractivity contribution < 1.29 is 19.0 Å². The molecule has 1 atom stereocenters. The van der Waals surface area contributed by atoms with E-state index in [9.17, 15) is 4.79 Å². The summed E-state index contributed by atoms with van der Waals surface area (Å²) in [5, 5.41) is 15.3. The zero-order chi connectivity index (χ0) is 21.5. The van der Waals surface area contributed by atoms with Crippen molar-refractivity contribution in [2.45, 2.75) is 19.4 Å². The van der Waals surface area contributed by atoms with E-state index in [-0.39, 0.29) is 18.7 Å². The molecule has 2 aliphatic rings. The molecule has 160 valence electrons. The molecule has 2 aliphatic heterocycles. The van der Waals surface area contributed by atoms with E-state index in [1.165, 1.54) is 6.92 Å². The largest absolute Gasteiger partial charge is 0.492 e. The van der Waals surface area contributed by atoms with Crippen LogP contribution in [0.3, 0.4) is 0 Å². The van der Waals surface area contributed by atoms with Gasteiger partial charge in [0.2, 0.25) is 18.4 Å². The summed E-state index contributed by atoms with van der Waals surface area (Å²) < 4.78 is 18.8. The van der Waals surface area contributed by atoms with Gasteiger partial charge >= 0.3 is 0 Å². The predicted molar refractivity (Wildman–Crippen MR) is 111 cm³/mol. The Kier molecular flexibility index (Phi) is 4.70. The van der Waals surface area contributed by atoms with Gasteiger partial charge in [0, 0.05) is 24.7 Å². The van der Waals surface area contributed by atoms with Crippen molar-refractivity contribution in [1.29, 1.82) is 0 Å². The molecule has 0 saturated carbocycles. The van der Waals surface area contributed by atoms with Crippen LogP contribution >= 0.6 is 0 Å². The lowest BCUT2D eigenvalue weighted by molar-refractivity contribution is -0.114. The molecule has 3 aromatic rings. The normalized spacial score (nSPS) is 17.3. The third-order valence-electron chi connectivity index (χ3n) is 5.57. The van der Waals surface area contributed by atoms with Crippen molar-refractivity contribution in [2.24, 2.45) is 0 Å². The Morgan fingerprint density at radius 1 is 1.26 bits per heavy atom. The van der Waals surface area contributed by atoms with Crippen LogP contribution in [0, 0.1) is 0 Å². The van der Waals surface area contributed by atoms with Gasteiger partial charge in [-0.3, -0.25) is 9.69 Å². The summed E-state index contributed by atoms with van der Waals surface area (Å²) in [6.45, 7) is 2.48. The molecular formula is C21H22N6O4. The lowest BCUT2D eigenvalue weighted by atomic mass is 9.90. The molecule has 31 heavy (non-hydrogen) atoms. The molecule has 2 aromatic carbocycles. The number of nitrogens with zero attached hydrogens (tertiary/aromatic N) is 5. The van der Waals surface area contributed by atoms with Gasteiger partial charge < -0.3 is 19.5 Å². The number of amides is 1. The number of hydrogen-bond acceptors (Lipinski definition) is 8. The molecule has 1 amide bonds. The fourth-order valence-electron chi connectivity index (χ4n) is 4.20. The Hall–Kier alpha value is -3.66. The number of anilines is 1. The van der Waals surface area contributed by atoms with Gasteiger partial charge in [-0.15, -0.1) is 5.10 Å². The minimum Gasteiger partial charge on any atom is -0.492 e. The van der Waals surface area contributed by atoms with Crippen LogP contribution in [0.15, 0.2) is 30.3 Å². The number of carbonyl (C=O) groups excluding carboxylic acids is 1. The smallest absolute Gasteiger partial charge is 0.231 e. The molecule has 0 unspecified atom stereocenters. The summed E-state index contributed by atoms with van der Waals surface area (Å²) in [5.74, 6) is 2.50. The molecule has 0 spiro atoms. The topological polar surface area (TPSA) is 104 Å². The lowest BCUT2D eigenvalue weighted by Gasteiger charge is -2.34. The molecular weight excluding hydrogens is 400 g/mol. The average molecular weight is 422 g/mol. The molecule has 0 fully saturated rings. The first-order chi connectivity index (χ1) is 15.1. The summed E-state index contributed by atoms with van der Waals surface area (Å²) in [6.07, 6.45) is 0.850. The first kappa shape index (κ1) is 19.3. The maximum atomic E-state index is 11.3. The van der Waals surface area contributed by atoms with Gasteiger partial charge in [-0.25, -0.2) is 0 Å². The van der Waals surface area contributed by atoms with Crippen molar-refractivity contribution in [3.05, 3.63) is 47.3 Å². The summed E-state index contributed by atoms with van der Waals surface area (Å²) in [4.78, 5) is 13.5. The number of aromatic nitrogens is 4. The van der Waals surface area contributed by atoms with Gasteiger partial charge in [0.1, 0.15) is 6.04 Å². The number of hydrogen-bond donors (Lipinski definition) is 1. The fraction of sp³-hybridized carbons (Fsp3) is 0.333. The second-order valence-electron chi connectivity index (χ2n) is 7.53. The van der Waals surface area contributed by atoms with Crippen LogP contribution in [0.4, 0.5) is 5.69 Å². The van der Waals surface area contributed by atoms with E-state index in [0.717, 1.165) is 29.8 Å². The highest BCUT2D eigenvalue weighted by Gasteiger charge is 2.37. The zero-order valence-corrected chi connectivity index (χ0v) is 17.5. The number of rotatable bonds is 4. The third-order valence-corrected chi connectivity index (χ3v) is 5.57. The van der Waals surface area contributed by atoms with E-state index < -0.39 is 0 Å². The number of likely N-dealkylation sites (N-methyl/N-ethyl adjacent to an activating group) is 1. The summed E-state index contributed by atoms with van der Waals surface area (Å²) in [5.41, 5.74) is 3.60. The lowest BCUT2D eigenvalue weighted by Crippen LogP contribution is -2.35. The molecule has 1 N–H and O–H groups in total. The number of tetrazole rings is 1. The highest BCUT2D eigenvalue weighted by molar-refractivity contribution is 5.88. The molecule has 1 aromatic heterocycles. The van der Waals surface area contributed by atoms with Crippen LogP contribution in [-0.4, -0.2) is 58.5 Å². The Morgan fingerprint density at radius 2 is 2.06 bits per heavy atom. The summed E-state index contributed by atoms with van der Waals surface area (Å²) >= 11 is 0. The van der Waals surface area contributed by atoms with Gasteiger partial charge in [-0.1, -0.05) is 0 Å². The predicted octanol–water partition coefficient (Wildman–Crippen LogP) is 1.94. The standard InChI is InChI=1S/C21H22N6O4/c1-12(28)22-14-4-6-15(7-5-14)27-21(23-24-25-27)18-17-13(8-9-26(18)2)10-16-19(20(17)29-3)31-11-30-16/h4-7,10,18H,8-9,11H2,1-3H3,(H,22,28)/t18-/m0/s1. The molecule has 5 rings (SSSR count). The summed E-state index contributed by atoms with van der Waals surface area (Å²) in [7, 11) is 3.67. The fourth-order valence-corrected chi connectivity index (χ4v) is 4.20. The third kappa shape index (κ3) is 3.25. The summed E-state index contributed by atoms with van der Waals surface area (Å²) in [6, 6.07) is 9.16. The van der Waals surface area contributed by atoms with E-state index in [1.807, 2.05) is 37.4 Å². The monoisotopic (exact) mass is 422 g/mol. The van der Waals surface area contributed by atoms with Gasteiger partial charge in [0.05, 0.1) is 12.8 Å². The van der Waals surface area contributed by atoms with Crippen LogP contribution in [0.2, 0.25) is 0 Å². The van der Waals surface area contributed by atoms with Gasteiger partial charge in [-0.05, 0) is 59.8 Å². The maximum absolute atomic E-state index is 11.3. The molecule has 0 aliphatic carbocycles. The number of benzene rings is 2. The van der Waals surface area contributed by atoms with E-state index in [0.29, 0.717) is 28.8 Å². The Morgan fingerprint density at radius 3 is 2.81 bits per heavy atom. The maximum Gasteiger partial charge on any atom is 0.231 e. The molecule has 3 heterocycles. The SMILES string of the molecule is COc1c2c(cc3c1[C@@H](c1nnnn1-c1ccc(NC(C)=O)cc1)N(C)CC3)OCO2. The van der Waals surface area contributed by atoms with E-state index in [2.05, 4.69) is 25.7 Å². The van der Waals surface area contributed by atoms with Gasteiger partial charge in [-0.2, -0.15) is 4.68 Å². The molecule has 0 radical (unpaired) electrons. The highest BCUT2D eigenvalue weighted by Crippen LogP contribution is 2.50. The van der Waals surface area contributed by atoms with E-state index in [4.69, 9.17) is 14.2 Å². The molecule has 0 saturated heterocycles. The Labute approximate surface area is 178 Å². The van der Waals surface area contributed by atoms with Crippen LogP contribution in [0.1, 0.15) is 29.9 Å². The van der Waals surface area contributed by atoms with Crippen molar-refractivity contribution in [1.82, 2.24) is 25.1 Å². The first-order valence-corrected chi connectivity index (χ1v) is 9.92. The second-order valence-corrected chi connectivity index (χ2v) is 7.53. The number of carbonyl (C=O) groups is 1. The molecule has 10 nitrogen and oxygen atoms in total. The molecule has 10 heteroatoms. The van der Waals surface area contributed by atoms with Crippen molar-refractivity contribution in [2.75, 3.05) is 32.8 Å². The van der Waals surface area contributed by atoms with Crippen LogP contribution in [-0.2, 0) is 11.2 Å². The van der Waals surface area contributed by atoms with Crippen LogP contribution < -0.4 is 19.5 Å². The van der Waals surface area contributed by atoms with E-state index >= 15 is 0 Å². The minimum atomic E-state index is -0.238. The highest BCUT2D eigenvalue weighted by atomic mass is 16.7. The Balaban J connectivity index is 1.60. The van der Waals surface area contributed by atoms with Gasteiger partial charge in [0.25, 0.3) is 0 Å². The Bertz CT molecular complexity index is 1140. The molecule has 0 bridgehead atoms. The number of nitrogens with one attached hydrogen (secondary N) is 1. The van der Waals surface area contributed by atoms with Crippen molar-refractivity contribution >= 4 is 11.6 Å². The van der Waals surface area contributed by atoms with E-state index in [1.54, 1.807) is 11.8 Å². The number of ether oxygens (including phenoxy) is 3. The number of fused-ring (bicyclic) bond motifs is 2. The van der Waals surface area contributed by atoms with Gasteiger partial charge in [0.15, 0.2) is 17.3 Å². The number of methoxy groups -OCH3 is 1. The average Bonchev–Trinajstić information content (AvgIpc) is 3.42. The second kappa shape index (κ2) is 7.55. The quantitative estimate of drug-likeness (QED) is 0.680. The zero-order valence-electron chi connectivity index (χ0n) is 17.5. The van der Waals surface area contributed by atoms with Crippen molar-refractivity contribution in [3.8, 4) is 22.9 Å². The van der Waals surface area contributed by atoms with Crippen molar-refractivity contribution in [3.63, 3.8) is 0 Å².